The highest BCUT2D eigenvalue weighted by molar-refractivity contribution is 5.94. The Hall–Kier alpha value is -2.95. The van der Waals surface area contributed by atoms with Crippen molar-refractivity contribution in [2.75, 3.05) is 23.8 Å². The number of anilines is 2. The van der Waals surface area contributed by atoms with E-state index < -0.39 is 0 Å². The predicted octanol–water partition coefficient (Wildman–Crippen LogP) is 4.48. The van der Waals surface area contributed by atoms with E-state index >= 15 is 0 Å². The first-order valence-corrected chi connectivity index (χ1v) is 8.75. The lowest BCUT2D eigenvalue weighted by Crippen LogP contribution is -2.22. The molecule has 0 radical (unpaired) electrons. The first-order chi connectivity index (χ1) is 12.6. The van der Waals surface area contributed by atoms with Crippen molar-refractivity contribution in [3.63, 3.8) is 0 Å². The Morgan fingerprint density at radius 1 is 1.19 bits per heavy atom. The van der Waals surface area contributed by atoms with Crippen LogP contribution in [0.5, 0.6) is 11.5 Å². The summed E-state index contributed by atoms with van der Waals surface area (Å²) in [5.41, 5.74) is 1.49. The monoisotopic (exact) mass is 354 g/mol. The summed E-state index contributed by atoms with van der Waals surface area (Å²) < 4.78 is 11.3. The lowest BCUT2D eigenvalue weighted by Gasteiger charge is -2.14. The van der Waals surface area contributed by atoms with Crippen molar-refractivity contribution in [2.45, 2.75) is 26.4 Å². The van der Waals surface area contributed by atoms with Gasteiger partial charge in [-0.1, -0.05) is 31.7 Å². The molecule has 1 unspecified atom stereocenters. The fourth-order valence-electron chi connectivity index (χ4n) is 2.20. The third-order valence-electron chi connectivity index (χ3n) is 3.73. The van der Waals surface area contributed by atoms with Crippen molar-refractivity contribution in [3.05, 3.63) is 61.2 Å². The first kappa shape index (κ1) is 19.4. The Bertz CT molecular complexity index is 713. The summed E-state index contributed by atoms with van der Waals surface area (Å²) in [7, 11) is 0. The van der Waals surface area contributed by atoms with Gasteiger partial charge in [-0.2, -0.15) is 0 Å². The van der Waals surface area contributed by atoms with Crippen molar-refractivity contribution >= 4 is 17.3 Å². The van der Waals surface area contributed by atoms with Crippen LogP contribution in [-0.2, 0) is 4.79 Å². The molecule has 0 aliphatic rings. The molecule has 0 aliphatic heterocycles. The zero-order valence-electron chi connectivity index (χ0n) is 15.3. The summed E-state index contributed by atoms with van der Waals surface area (Å²) in [6.45, 7) is 8.29. The number of carbonyl (C=O) groups is 1. The quantitative estimate of drug-likeness (QED) is 0.618. The third-order valence-corrected chi connectivity index (χ3v) is 3.73. The third kappa shape index (κ3) is 6.16. The van der Waals surface area contributed by atoms with Gasteiger partial charge in [-0.05, 0) is 49.7 Å². The Labute approximate surface area is 155 Å². The highest BCUT2D eigenvalue weighted by Crippen LogP contribution is 2.23. The second-order valence-corrected chi connectivity index (χ2v) is 5.86. The maximum absolute atomic E-state index is 12.2. The molecular formula is C21H26N2O3. The van der Waals surface area contributed by atoms with Crippen LogP contribution in [-0.4, -0.2) is 25.2 Å². The van der Waals surface area contributed by atoms with E-state index in [9.17, 15) is 4.79 Å². The molecule has 5 nitrogen and oxygen atoms in total. The average molecular weight is 354 g/mol. The molecule has 2 aromatic rings. The highest BCUT2D eigenvalue weighted by Gasteiger charge is 2.07. The largest absolute Gasteiger partial charge is 0.491 e. The van der Waals surface area contributed by atoms with Crippen LogP contribution in [0.15, 0.2) is 61.2 Å². The molecule has 0 heterocycles. The molecule has 5 heteroatoms. The molecule has 0 spiro atoms. The molecule has 0 aromatic heterocycles. The summed E-state index contributed by atoms with van der Waals surface area (Å²) in [4.78, 5) is 12.2. The van der Waals surface area contributed by atoms with E-state index in [0.717, 1.165) is 23.5 Å². The number of rotatable bonds is 10. The minimum Gasteiger partial charge on any atom is -0.491 e. The second kappa shape index (κ2) is 10.1. The standard InChI is InChI=1S/C21H26N2O3/c1-4-14-25-20-9-7-6-8-19(20)22-15-21(24)23-17-10-12-18(13-11-17)26-16(3)5-2/h4,6-13,16,22H,1,5,14-15H2,2-3H3,(H,23,24). The molecule has 0 aliphatic carbocycles. The average Bonchev–Trinajstić information content (AvgIpc) is 2.66. The van der Waals surface area contributed by atoms with Crippen molar-refractivity contribution in [1.29, 1.82) is 0 Å². The fourth-order valence-corrected chi connectivity index (χ4v) is 2.20. The number of hydrogen-bond acceptors (Lipinski definition) is 4. The van der Waals surface area contributed by atoms with Gasteiger partial charge in [-0.25, -0.2) is 0 Å². The zero-order chi connectivity index (χ0) is 18.8. The van der Waals surface area contributed by atoms with Gasteiger partial charge in [0.1, 0.15) is 18.1 Å². The SMILES string of the molecule is C=CCOc1ccccc1NCC(=O)Nc1ccc(OC(C)CC)cc1. The van der Waals surface area contributed by atoms with Gasteiger partial charge < -0.3 is 20.1 Å². The van der Waals surface area contributed by atoms with Crippen LogP contribution in [0.3, 0.4) is 0 Å². The van der Waals surface area contributed by atoms with E-state index in [4.69, 9.17) is 9.47 Å². The van der Waals surface area contributed by atoms with Crippen molar-refractivity contribution in [2.24, 2.45) is 0 Å². The molecule has 0 saturated carbocycles. The zero-order valence-corrected chi connectivity index (χ0v) is 15.3. The Balaban J connectivity index is 1.86. The lowest BCUT2D eigenvalue weighted by atomic mass is 10.2. The maximum atomic E-state index is 12.2. The van der Waals surface area contributed by atoms with Gasteiger partial charge in [-0.15, -0.1) is 0 Å². The van der Waals surface area contributed by atoms with Crippen molar-refractivity contribution in [1.82, 2.24) is 0 Å². The van der Waals surface area contributed by atoms with E-state index in [2.05, 4.69) is 24.1 Å². The Morgan fingerprint density at radius 2 is 1.92 bits per heavy atom. The van der Waals surface area contributed by atoms with E-state index in [1.54, 1.807) is 6.08 Å². The van der Waals surface area contributed by atoms with Gasteiger partial charge in [0.15, 0.2) is 0 Å². The van der Waals surface area contributed by atoms with Gasteiger partial charge in [0.2, 0.25) is 5.91 Å². The molecule has 1 amide bonds. The lowest BCUT2D eigenvalue weighted by molar-refractivity contribution is -0.114. The van der Waals surface area contributed by atoms with E-state index in [0.29, 0.717) is 12.4 Å². The maximum Gasteiger partial charge on any atom is 0.243 e. The number of para-hydroxylation sites is 2. The summed E-state index contributed by atoms with van der Waals surface area (Å²) in [6.07, 6.45) is 2.79. The van der Waals surface area contributed by atoms with Gasteiger partial charge in [0, 0.05) is 5.69 Å². The van der Waals surface area contributed by atoms with E-state index in [-0.39, 0.29) is 18.6 Å². The van der Waals surface area contributed by atoms with Crippen LogP contribution in [0.1, 0.15) is 20.3 Å². The van der Waals surface area contributed by atoms with E-state index in [1.165, 1.54) is 0 Å². The number of ether oxygens (including phenoxy) is 2. The summed E-state index contributed by atoms with van der Waals surface area (Å²) >= 11 is 0. The molecule has 138 valence electrons. The van der Waals surface area contributed by atoms with Gasteiger partial charge >= 0.3 is 0 Å². The van der Waals surface area contributed by atoms with E-state index in [1.807, 2.05) is 55.5 Å². The van der Waals surface area contributed by atoms with Gasteiger partial charge in [-0.3, -0.25) is 4.79 Å². The fraction of sp³-hybridized carbons (Fsp3) is 0.286. The summed E-state index contributed by atoms with van der Waals surface area (Å²) in [6, 6.07) is 14.9. The number of carbonyl (C=O) groups excluding carboxylic acids is 1. The molecular weight excluding hydrogens is 328 g/mol. The van der Waals surface area contributed by atoms with Crippen LogP contribution in [0, 0.1) is 0 Å². The molecule has 2 rings (SSSR count). The second-order valence-electron chi connectivity index (χ2n) is 5.86. The van der Waals surface area contributed by atoms with Gasteiger partial charge in [0.05, 0.1) is 18.3 Å². The molecule has 26 heavy (non-hydrogen) atoms. The summed E-state index contributed by atoms with van der Waals surface area (Å²) in [5.74, 6) is 1.34. The van der Waals surface area contributed by atoms with Crippen LogP contribution in [0.4, 0.5) is 11.4 Å². The normalized spacial score (nSPS) is 11.3. The minimum atomic E-state index is -0.140. The van der Waals surface area contributed by atoms with Crippen molar-refractivity contribution in [3.8, 4) is 11.5 Å². The highest BCUT2D eigenvalue weighted by atomic mass is 16.5. The molecule has 2 N–H and O–H groups in total. The molecule has 2 aromatic carbocycles. The van der Waals surface area contributed by atoms with Crippen LogP contribution < -0.4 is 20.1 Å². The number of nitrogens with one attached hydrogen (secondary N) is 2. The predicted molar refractivity (Wildman–Crippen MR) is 106 cm³/mol. The molecule has 0 fully saturated rings. The number of benzene rings is 2. The topological polar surface area (TPSA) is 59.6 Å². The van der Waals surface area contributed by atoms with Crippen molar-refractivity contribution < 1.29 is 14.3 Å². The number of hydrogen-bond donors (Lipinski definition) is 2. The van der Waals surface area contributed by atoms with Gasteiger partial charge in [0.25, 0.3) is 0 Å². The summed E-state index contributed by atoms with van der Waals surface area (Å²) in [5, 5.41) is 5.95. The molecule has 1 atom stereocenters. The number of amides is 1. The minimum absolute atomic E-state index is 0.138. The van der Waals surface area contributed by atoms with Crippen LogP contribution in [0.2, 0.25) is 0 Å². The van der Waals surface area contributed by atoms with Crippen LogP contribution >= 0.6 is 0 Å². The molecule has 0 saturated heterocycles. The van der Waals surface area contributed by atoms with Crippen LogP contribution in [0.25, 0.3) is 0 Å². The first-order valence-electron chi connectivity index (χ1n) is 8.75. The smallest absolute Gasteiger partial charge is 0.243 e. The Kier molecular flexibility index (Phi) is 7.55. The Morgan fingerprint density at radius 3 is 2.62 bits per heavy atom. The molecule has 0 bridgehead atoms.